The van der Waals surface area contributed by atoms with E-state index in [2.05, 4.69) is 5.32 Å². The van der Waals surface area contributed by atoms with E-state index in [0.717, 1.165) is 32.1 Å². The number of sulfonamides is 1. The molecule has 0 spiro atoms. The molecular formula is C20H22Cl2N2O3S. The fourth-order valence-electron chi connectivity index (χ4n) is 3.40. The number of rotatable bonds is 6. The molecule has 150 valence electrons. The zero-order valence-corrected chi connectivity index (χ0v) is 17.6. The van der Waals surface area contributed by atoms with Gasteiger partial charge in [0.2, 0.25) is 15.9 Å². The quantitative estimate of drug-likeness (QED) is 0.690. The summed E-state index contributed by atoms with van der Waals surface area (Å²) in [5.41, 5.74) is 0.571. The van der Waals surface area contributed by atoms with Gasteiger partial charge in [-0.2, -0.15) is 4.31 Å². The minimum atomic E-state index is -3.82. The summed E-state index contributed by atoms with van der Waals surface area (Å²) in [5.74, 6) is -0.384. The Kier molecular flexibility index (Phi) is 6.99. The molecule has 1 aliphatic carbocycles. The first-order valence-corrected chi connectivity index (χ1v) is 11.4. The van der Waals surface area contributed by atoms with Gasteiger partial charge < -0.3 is 5.32 Å². The van der Waals surface area contributed by atoms with Crippen molar-refractivity contribution < 1.29 is 13.2 Å². The average molecular weight is 441 g/mol. The van der Waals surface area contributed by atoms with E-state index in [1.165, 1.54) is 16.4 Å². The molecule has 2 aromatic carbocycles. The Balaban J connectivity index is 1.83. The molecule has 8 heteroatoms. The van der Waals surface area contributed by atoms with Gasteiger partial charge in [-0.05, 0) is 61.4 Å². The predicted molar refractivity (Wildman–Crippen MR) is 112 cm³/mol. The van der Waals surface area contributed by atoms with Crippen LogP contribution >= 0.6 is 23.2 Å². The van der Waals surface area contributed by atoms with E-state index in [1.54, 1.807) is 36.4 Å². The first-order chi connectivity index (χ1) is 13.4. The van der Waals surface area contributed by atoms with Gasteiger partial charge in [0.25, 0.3) is 0 Å². The molecule has 0 radical (unpaired) electrons. The molecule has 2 aromatic rings. The summed E-state index contributed by atoms with van der Waals surface area (Å²) in [6, 6.07) is 12.5. The summed E-state index contributed by atoms with van der Waals surface area (Å²) in [4.78, 5) is 12.8. The highest BCUT2D eigenvalue weighted by Crippen LogP contribution is 2.28. The number of hydrogen-bond donors (Lipinski definition) is 1. The van der Waals surface area contributed by atoms with Crippen LogP contribution in [0, 0.1) is 0 Å². The highest BCUT2D eigenvalue weighted by atomic mass is 35.5. The fraction of sp³-hybridized carbons (Fsp3) is 0.350. The van der Waals surface area contributed by atoms with Crippen LogP contribution in [0.15, 0.2) is 53.4 Å². The third kappa shape index (κ3) is 5.26. The molecule has 1 aliphatic rings. The third-order valence-electron chi connectivity index (χ3n) is 4.83. The van der Waals surface area contributed by atoms with Crippen LogP contribution in [0.4, 0.5) is 5.69 Å². The van der Waals surface area contributed by atoms with Crippen LogP contribution < -0.4 is 5.32 Å². The van der Waals surface area contributed by atoms with E-state index in [0.29, 0.717) is 15.7 Å². The molecule has 5 nitrogen and oxygen atoms in total. The van der Waals surface area contributed by atoms with Crippen LogP contribution in [0.5, 0.6) is 0 Å². The van der Waals surface area contributed by atoms with Gasteiger partial charge in [-0.1, -0.05) is 42.5 Å². The SMILES string of the molecule is O=C(CN(C1CCCCC1)S(=O)(=O)c1ccc(Cl)cc1)Nc1ccc(Cl)cc1. The van der Waals surface area contributed by atoms with Crippen molar-refractivity contribution in [3.8, 4) is 0 Å². The second-order valence-electron chi connectivity index (χ2n) is 6.85. The Morgan fingerprint density at radius 1 is 0.929 bits per heavy atom. The number of nitrogens with one attached hydrogen (secondary N) is 1. The second-order valence-corrected chi connectivity index (χ2v) is 9.61. The van der Waals surface area contributed by atoms with Gasteiger partial charge in [0.1, 0.15) is 0 Å². The summed E-state index contributed by atoms with van der Waals surface area (Å²) < 4.78 is 27.9. The van der Waals surface area contributed by atoms with Gasteiger partial charge in [0.15, 0.2) is 0 Å². The summed E-state index contributed by atoms with van der Waals surface area (Å²) in [6.45, 7) is -0.238. The lowest BCUT2D eigenvalue weighted by Gasteiger charge is -2.33. The molecule has 0 aromatic heterocycles. The lowest BCUT2D eigenvalue weighted by molar-refractivity contribution is -0.116. The van der Waals surface area contributed by atoms with E-state index in [9.17, 15) is 13.2 Å². The van der Waals surface area contributed by atoms with Gasteiger partial charge >= 0.3 is 0 Å². The zero-order valence-electron chi connectivity index (χ0n) is 15.3. The van der Waals surface area contributed by atoms with Crippen LogP contribution in [0.2, 0.25) is 10.0 Å². The summed E-state index contributed by atoms with van der Waals surface area (Å²) in [6.07, 6.45) is 4.50. The molecule has 1 fully saturated rings. The van der Waals surface area contributed by atoms with Gasteiger partial charge in [-0.25, -0.2) is 8.42 Å². The summed E-state index contributed by atoms with van der Waals surface area (Å²) in [5, 5.41) is 3.77. The largest absolute Gasteiger partial charge is 0.325 e. The summed E-state index contributed by atoms with van der Waals surface area (Å²) in [7, 11) is -3.82. The number of nitrogens with zero attached hydrogens (tertiary/aromatic N) is 1. The van der Waals surface area contributed by atoms with Gasteiger partial charge in [-0.15, -0.1) is 0 Å². The van der Waals surface area contributed by atoms with E-state index < -0.39 is 10.0 Å². The first kappa shape index (κ1) is 21.1. The second kappa shape index (κ2) is 9.27. The topological polar surface area (TPSA) is 66.5 Å². The number of amides is 1. The Bertz CT molecular complexity index is 909. The molecule has 28 heavy (non-hydrogen) atoms. The Hall–Kier alpha value is -1.60. The van der Waals surface area contributed by atoms with Gasteiger partial charge in [0.05, 0.1) is 11.4 Å². The van der Waals surface area contributed by atoms with Crippen LogP contribution in [0.1, 0.15) is 32.1 Å². The Morgan fingerprint density at radius 3 is 2.04 bits per heavy atom. The minimum Gasteiger partial charge on any atom is -0.325 e. The number of halogens is 2. The molecule has 0 aliphatic heterocycles. The highest BCUT2D eigenvalue weighted by molar-refractivity contribution is 7.89. The highest BCUT2D eigenvalue weighted by Gasteiger charge is 2.34. The van der Waals surface area contributed by atoms with Gasteiger partial charge in [0, 0.05) is 21.8 Å². The van der Waals surface area contributed by atoms with Crippen molar-refractivity contribution in [2.45, 2.75) is 43.0 Å². The van der Waals surface area contributed by atoms with Crippen LogP contribution in [0.25, 0.3) is 0 Å². The maximum absolute atomic E-state index is 13.3. The zero-order chi connectivity index (χ0) is 20.1. The summed E-state index contributed by atoms with van der Waals surface area (Å²) >= 11 is 11.8. The molecule has 3 rings (SSSR count). The van der Waals surface area contributed by atoms with Crippen molar-refractivity contribution in [1.82, 2.24) is 4.31 Å². The lowest BCUT2D eigenvalue weighted by atomic mass is 9.95. The standard InChI is InChI=1S/C20H22Cl2N2O3S/c21-15-6-10-17(11-7-15)23-20(25)14-24(18-4-2-1-3-5-18)28(26,27)19-12-8-16(22)9-13-19/h6-13,18H,1-5,14H2,(H,23,25). The number of carbonyl (C=O) groups excluding carboxylic acids is 1. The minimum absolute atomic E-state index is 0.141. The van der Waals surface area contributed by atoms with E-state index >= 15 is 0 Å². The van der Waals surface area contributed by atoms with Gasteiger partial charge in [-0.3, -0.25) is 4.79 Å². The monoisotopic (exact) mass is 440 g/mol. The van der Waals surface area contributed by atoms with Crippen LogP contribution in [0.3, 0.4) is 0 Å². The smallest absolute Gasteiger partial charge is 0.243 e. The van der Waals surface area contributed by atoms with Crippen molar-refractivity contribution in [3.63, 3.8) is 0 Å². The molecule has 0 bridgehead atoms. The Morgan fingerprint density at radius 2 is 1.46 bits per heavy atom. The molecule has 0 heterocycles. The van der Waals surface area contributed by atoms with E-state index in [1.807, 2.05) is 0 Å². The predicted octanol–water partition coefficient (Wildman–Crippen LogP) is 4.96. The van der Waals surface area contributed by atoms with Crippen molar-refractivity contribution in [3.05, 3.63) is 58.6 Å². The number of anilines is 1. The van der Waals surface area contributed by atoms with Crippen molar-refractivity contribution in [1.29, 1.82) is 0 Å². The lowest BCUT2D eigenvalue weighted by Crippen LogP contribution is -2.45. The number of carbonyl (C=O) groups is 1. The van der Waals surface area contributed by atoms with Crippen LogP contribution in [-0.2, 0) is 14.8 Å². The molecular weight excluding hydrogens is 419 g/mol. The van der Waals surface area contributed by atoms with E-state index in [-0.39, 0.29) is 23.4 Å². The number of hydrogen-bond acceptors (Lipinski definition) is 3. The molecule has 0 atom stereocenters. The molecule has 0 saturated heterocycles. The van der Waals surface area contributed by atoms with Crippen molar-refractivity contribution in [2.75, 3.05) is 11.9 Å². The van der Waals surface area contributed by atoms with E-state index in [4.69, 9.17) is 23.2 Å². The third-order valence-corrected chi connectivity index (χ3v) is 7.25. The molecule has 0 unspecified atom stereocenters. The van der Waals surface area contributed by atoms with Crippen molar-refractivity contribution >= 4 is 44.8 Å². The van der Waals surface area contributed by atoms with Crippen LogP contribution in [-0.4, -0.2) is 31.2 Å². The fourth-order valence-corrected chi connectivity index (χ4v) is 5.29. The first-order valence-electron chi connectivity index (χ1n) is 9.19. The number of benzene rings is 2. The normalized spacial score (nSPS) is 15.5. The van der Waals surface area contributed by atoms with Crippen molar-refractivity contribution in [2.24, 2.45) is 0 Å². The maximum Gasteiger partial charge on any atom is 0.243 e. The Labute approximate surface area is 175 Å². The molecule has 1 amide bonds. The maximum atomic E-state index is 13.3. The molecule has 1 saturated carbocycles. The average Bonchev–Trinajstić information content (AvgIpc) is 2.69. The molecule has 1 N–H and O–H groups in total.